The smallest absolute Gasteiger partial charge is 0.287 e. The van der Waals surface area contributed by atoms with Crippen LogP contribution in [0.25, 0.3) is 0 Å². The Kier molecular flexibility index (Phi) is 5.76. The molecule has 0 saturated heterocycles. The first-order valence-corrected chi connectivity index (χ1v) is 8.22. The molecule has 0 radical (unpaired) electrons. The first-order chi connectivity index (χ1) is 12.7. The van der Waals surface area contributed by atoms with Gasteiger partial charge in [-0.05, 0) is 24.1 Å². The molecule has 0 saturated carbocycles. The number of furan rings is 1. The molecule has 0 spiro atoms. The van der Waals surface area contributed by atoms with Crippen molar-refractivity contribution in [3.05, 3.63) is 72.4 Å². The van der Waals surface area contributed by atoms with Crippen molar-refractivity contribution in [2.45, 2.75) is 25.6 Å². The maximum atomic E-state index is 12.6. The number of nitrogens with one attached hydrogen (secondary N) is 2. The van der Waals surface area contributed by atoms with Crippen LogP contribution < -0.4 is 10.6 Å². The predicted molar refractivity (Wildman–Crippen MR) is 92.9 cm³/mol. The van der Waals surface area contributed by atoms with Crippen LogP contribution in [0.3, 0.4) is 0 Å². The lowest BCUT2D eigenvalue weighted by atomic mass is 10.1. The molecule has 0 unspecified atom stereocenters. The molecule has 3 rings (SSSR count). The van der Waals surface area contributed by atoms with E-state index in [1.807, 2.05) is 30.3 Å². The zero-order valence-corrected chi connectivity index (χ0v) is 14.0. The summed E-state index contributed by atoms with van der Waals surface area (Å²) in [5.41, 5.74) is 0.980. The molecular formula is C18H19N5O3. The number of carbonyl (C=O) groups is 2. The molecular weight excluding hydrogens is 334 g/mol. The molecule has 0 aliphatic heterocycles. The maximum Gasteiger partial charge on any atom is 0.287 e. The largest absolute Gasteiger partial charge is 0.459 e. The van der Waals surface area contributed by atoms with Gasteiger partial charge in [-0.1, -0.05) is 35.5 Å². The van der Waals surface area contributed by atoms with Gasteiger partial charge < -0.3 is 15.1 Å². The second-order valence-electron chi connectivity index (χ2n) is 5.66. The van der Waals surface area contributed by atoms with Crippen LogP contribution in [0.5, 0.6) is 0 Å². The lowest BCUT2D eigenvalue weighted by Crippen LogP contribution is -2.47. The Bertz CT molecular complexity index is 816. The summed E-state index contributed by atoms with van der Waals surface area (Å²) in [4.78, 5) is 24.8. The van der Waals surface area contributed by atoms with Crippen LogP contribution in [0.2, 0.25) is 0 Å². The third-order valence-corrected chi connectivity index (χ3v) is 3.80. The summed E-state index contributed by atoms with van der Waals surface area (Å²) < 4.78 is 6.69. The Balaban J connectivity index is 1.62. The highest BCUT2D eigenvalue weighted by Crippen LogP contribution is 2.04. The lowest BCUT2D eigenvalue weighted by Gasteiger charge is -2.18. The zero-order valence-electron chi connectivity index (χ0n) is 14.0. The highest BCUT2D eigenvalue weighted by atomic mass is 16.3. The SMILES string of the molecule is O=C(N[C@@H](CCn1ccnn1)C(=O)NCc1ccccc1)c1ccco1. The summed E-state index contributed by atoms with van der Waals surface area (Å²) in [6, 6.07) is 12.0. The van der Waals surface area contributed by atoms with E-state index in [0.29, 0.717) is 19.5 Å². The number of nitrogens with zero attached hydrogens (tertiary/aromatic N) is 3. The number of hydrogen-bond donors (Lipinski definition) is 2. The molecule has 0 bridgehead atoms. The minimum absolute atomic E-state index is 0.159. The molecule has 0 aliphatic rings. The van der Waals surface area contributed by atoms with Gasteiger partial charge in [0.05, 0.1) is 12.5 Å². The Morgan fingerprint density at radius 3 is 2.69 bits per heavy atom. The van der Waals surface area contributed by atoms with E-state index in [1.165, 1.54) is 6.26 Å². The van der Waals surface area contributed by atoms with Gasteiger partial charge in [0.1, 0.15) is 6.04 Å². The van der Waals surface area contributed by atoms with Crippen molar-refractivity contribution in [1.29, 1.82) is 0 Å². The number of benzene rings is 1. The summed E-state index contributed by atoms with van der Waals surface area (Å²) in [7, 11) is 0. The van der Waals surface area contributed by atoms with Crippen molar-refractivity contribution in [1.82, 2.24) is 25.6 Å². The Morgan fingerprint density at radius 1 is 1.15 bits per heavy atom. The van der Waals surface area contributed by atoms with Crippen LogP contribution in [0, 0.1) is 0 Å². The molecule has 0 aliphatic carbocycles. The molecule has 1 atom stereocenters. The summed E-state index contributed by atoms with van der Waals surface area (Å²) in [6.07, 6.45) is 5.05. The fourth-order valence-corrected chi connectivity index (χ4v) is 2.43. The van der Waals surface area contributed by atoms with Crippen LogP contribution in [0.15, 0.2) is 65.5 Å². The van der Waals surface area contributed by atoms with Gasteiger partial charge in [0.2, 0.25) is 5.91 Å². The van der Waals surface area contributed by atoms with E-state index in [1.54, 1.807) is 29.2 Å². The quantitative estimate of drug-likeness (QED) is 0.637. The molecule has 2 aromatic heterocycles. The number of carbonyl (C=O) groups excluding carboxylic acids is 2. The van der Waals surface area contributed by atoms with E-state index in [4.69, 9.17) is 4.42 Å². The van der Waals surface area contributed by atoms with Gasteiger partial charge in [0, 0.05) is 19.3 Å². The average Bonchev–Trinajstić information content (AvgIpc) is 3.37. The maximum absolute atomic E-state index is 12.6. The molecule has 2 heterocycles. The van der Waals surface area contributed by atoms with Crippen molar-refractivity contribution in [2.75, 3.05) is 0 Å². The highest BCUT2D eigenvalue weighted by molar-refractivity contribution is 5.95. The van der Waals surface area contributed by atoms with E-state index in [2.05, 4.69) is 20.9 Å². The summed E-state index contributed by atoms with van der Waals surface area (Å²) >= 11 is 0. The minimum atomic E-state index is -0.722. The van der Waals surface area contributed by atoms with Gasteiger partial charge in [0.25, 0.3) is 5.91 Å². The van der Waals surface area contributed by atoms with Crippen LogP contribution >= 0.6 is 0 Å². The van der Waals surface area contributed by atoms with Crippen molar-refractivity contribution in [3.8, 4) is 0 Å². The van der Waals surface area contributed by atoms with Gasteiger partial charge in [-0.25, -0.2) is 0 Å². The summed E-state index contributed by atoms with van der Waals surface area (Å²) in [5.74, 6) is -0.547. The third kappa shape index (κ3) is 4.79. The molecule has 8 nitrogen and oxygen atoms in total. The molecule has 0 fully saturated rings. The molecule has 1 aromatic carbocycles. The molecule has 8 heteroatoms. The molecule has 26 heavy (non-hydrogen) atoms. The number of amides is 2. The van der Waals surface area contributed by atoms with Gasteiger partial charge in [-0.15, -0.1) is 5.10 Å². The van der Waals surface area contributed by atoms with Crippen molar-refractivity contribution in [2.24, 2.45) is 0 Å². The van der Waals surface area contributed by atoms with E-state index >= 15 is 0 Å². The summed E-state index contributed by atoms with van der Waals surface area (Å²) in [6.45, 7) is 0.831. The molecule has 2 amide bonds. The second-order valence-corrected chi connectivity index (χ2v) is 5.66. The normalized spacial score (nSPS) is 11.7. The van der Waals surface area contributed by atoms with Gasteiger partial charge >= 0.3 is 0 Å². The Morgan fingerprint density at radius 2 is 2.00 bits per heavy atom. The Labute approximate surface area is 150 Å². The van der Waals surface area contributed by atoms with Gasteiger partial charge in [-0.2, -0.15) is 0 Å². The van der Waals surface area contributed by atoms with E-state index in [-0.39, 0.29) is 11.7 Å². The van der Waals surface area contributed by atoms with Crippen molar-refractivity contribution in [3.63, 3.8) is 0 Å². The first-order valence-electron chi connectivity index (χ1n) is 8.22. The number of aromatic nitrogens is 3. The third-order valence-electron chi connectivity index (χ3n) is 3.80. The number of hydrogen-bond acceptors (Lipinski definition) is 5. The van der Waals surface area contributed by atoms with Gasteiger partial charge in [0.15, 0.2) is 5.76 Å². The fourth-order valence-electron chi connectivity index (χ4n) is 2.43. The van der Waals surface area contributed by atoms with Crippen LogP contribution in [-0.2, 0) is 17.9 Å². The minimum Gasteiger partial charge on any atom is -0.459 e. The lowest BCUT2D eigenvalue weighted by molar-refractivity contribution is -0.123. The topological polar surface area (TPSA) is 102 Å². The first kappa shape index (κ1) is 17.4. The van der Waals surface area contributed by atoms with E-state index in [9.17, 15) is 9.59 Å². The van der Waals surface area contributed by atoms with Crippen molar-refractivity contribution < 1.29 is 14.0 Å². The van der Waals surface area contributed by atoms with E-state index in [0.717, 1.165) is 5.56 Å². The van der Waals surface area contributed by atoms with Crippen LogP contribution in [0.4, 0.5) is 0 Å². The van der Waals surface area contributed by atoms with Crippen LogP contribution in [-0.4, -0.2) is 32.9 Å². The second kappa shape index (κ2) is 8.61. The predicted octanol–water partition coefficient (Wildman–Crippen LogP) is 1.38. The highest BCUT2D eigenvalue weighted by Gasteiger charge is 2.22. The van der Waals surface area contributed by atoms with E-state index < -0.39 is 11.9 Å². The number of aryl methyl sites for hydroxylation is 1. The molecule has 134 valence electrons. The number of rotatable bonds is 8. The van der Waals surface area contributed by atoms with Gasteiger partial charge in [-0.3, -0.25) is 14.3 Å². The van der Waals surface area contributed by atoms with Crippen molar-refractivity contribution >= 4 is 11.8 Å². The average molecular weight is 353 g/mol. The standard InChI is InChI=1S/C18H19N5O3/c24-17(19-13-14-5-2-1-3-6-14)15(8-10-23-11-9-20-22-23)21-18(25)16-7-4-12-26-16/h1-7,9,11-12,15H,8,10,13H2,(H,19,24)(H,21,25)/t15-/m0/s1. The van der Waals surface area contributed by atoms with Crippen LogP contribution in [0.1, 0.15) is 22.5 Å². The summed E-state index contributed by atoms with van der Waals surface area (Å²) in [5, 5.41) is 13.2. The molecule has 3 aromatic rings. The molecule has 2 N–H and O–H groups in total. The monoisotopic (exact) mass is 353 g/mol. The Hall–Kier alpha value is -3.42. The fraction of sp³-hybridized carbons (Fsp3) is 0.222. The zero-order chi connectivity index (χ0) is 18.2.